The summed E-state index contributed by atoms with van der Waals surface area (Å²) >= 11 is 1.63. The summed E-state index contributed by atoms with van der Waals surface area (Å²) < 4.78 is 0. The van der Waals surface area contributed by atoms with Crippen LogP contribution < -0.4 is 10.2 Å². The van der Waals surface area contributed by atoms with Crippen LogP contribution in [0.2, 0.25) is 0 Å². The first-order valence-corrected chi connectivity index (χ1v) is 14.6. The lowest BCUT2D eigenvalue weighted by molar-refractivity contribution is 0.0951. The minimum Gasteiger partial charge on any atom is -0.354 e. The lowest BCUT2D eigenvalue weighted by atomic mass is 10.1. The Hall–Kier alpha value is -3.16. The molecule has 0 bridgehead atoms. The van der Waals surface area contributed by atoms with Crippen molar-refractivity contribution in [2.75, 3.05) is 44.2 Å². The summed E-state index contributed by atoms with van der Waals surface area (Å²) in [6, 6.07) is 18.4. The second kappa shape index (κ2) is 12.6. The molecule has 0 unspecified atom stereocenters. The van der Waals surface area contributed by atoms with Gasteiger partial charge in [-0.15, -0.1) is 0 Å². The van der Waals surface area contributed by atoms with Crippen LogP contribution in [0.3, 0.4) is 0 Å². The van der Waals surface area contributed by atoms with E-state index < -0.39 is 0 Å². The predicted molar refractivity (Wildman–Crippen MR) is 157 cm³/mol. The summed E-state index contributed by atoms with van der Waals surface area (Å²) in [7, 11) is 0. The fraction of sp³-hybridized carbons (Fsp3) is 0.387. The number of aromatic nitrogens is 2. The van der Waals surface area contributed by atoms with Gasteiger partial charge >= 0.3 is 0 Å². The van der Waals surface area contributed by atoms with E-state index >= 15 is 0 Å². The average Bonchev–Trinajstić information content (AvgIpc) is 3.78. The number of hydrogen-bond donors (Lipinski definition) is 1. The summed E-state index contributed by atoms with van der Waals surface area (Å²) in [5.74, 6) is 2.47. The van der Waals surface area contributed by atoms with Gasteiger partial charge in [-0.3, -0.25) is 9.69 Å². The number of nitrogens with one attached hydrogen (secondary N) is 1. The second-order valence-corrected chi connectivity index (χ2v) is 11.2. The van der Waals surface area contributed by atoms with Gasteiger partial charge in [-0.1, -0.05) is 66.4 Å². The molecule has 0 spiro atoms. The van der Waals surface area contributed by atoms with Crippen LogP contribution >= 0.6 is 11.8 Å². The molecule has 2 fully saturated rings. The van der Waals surface area contributed by atoms with Crippen LogP contribution in [0.25, 0.3) is 6.08 Å². The molecule has 38 heavy (non-hydrogen) atoms. The maximum absolute atomic E-state index is 12.5. The van der Waals surface area contributed by atoms with Gasteiger partial charge in [-0.2, -0.15) is 0 Å². The van der Waals surface area contributed by atoms with Crippen LogP contribution in [-0.2, 0) is 5.75 Å². The molecule has 0 atom stereocenters. The van der Waals surface area contributed by atoms with Crippen molar-refractivity contribution in [2.24, 2.45) is 5.92 Å². The Labute approximate surface area is 230 Å². The third-order valence-corrected chi connectivity index (χ3v) is 8.21. The molecule has 1 amide bonds. The van der Waals surface area contributed by atoms with Crippen molar-refractivity contribution >= 4 is 29.6 Å². The van der Waals surface area contributed by atoms with E-state index in [9.17, 15) is 4.79 Å². The van der Waals surface area contributed by atoms with Crippen molar-refractivity contribution in [1.29, 1.82) is 0 Å². The maximum Gasteiger partial charge on any atom is 0.251 e. The second-order valence-electron chi connectivity index (χ2n) is 10.3. The standard InChI is InChI=1S/C31H37N5OS/c1-23-24(2)33-31(38-22-27-10-6-12-28(20-27)30(37)32-21-26-13-14-26)34-29(23)36-18-16-35(17-19-36)15-7-11-25-8-4-3-5-9-25/h3-12,20,26H,13-19,21-22H2,1-2H3,(H,32,37). The summed E-state index contributed by atoms with van der Waals surface area (Å²) in [4.78, 5) is 27.1. The average molecular weight is 528 g/mol. The molecule has 1 N–H and O–H groups in total. The highest BCUT2D eigenvalue weighted by molar-refractivity contribution is 7.98. The Balaban J connectivity index is 1.16. The largest absolute Gasteiger partial charge is 0.354 e. The SMILES string of the molecule is Cc1nc(SCc2cccc(C(=O)NCC3CC3)c2)nc(N2CCN(CC=Cc3ccccc3)CC2)c1C. The Morgan fingerprint density at radius 1 is 1.03 bits per heavy atom. The van der Waals surface area contributed by atoms with Crippen LogP contribution in [0.15, 0.2) is 65.8 Å². The van der Waals surface area contributed by atoms with Crippen LogP contribution in [0.5, 0.6) is 0 Å². The number of carbonyl (C=O) groups is 1. The van der Waals surface area contributed by atoms with Crippen molar-refractivity contribution in [3.8, 4) is 0 Å². The molecule has 1 aliphatic heterocycles. The first kappa shape index (κ1) is 26.4. The molecule has 1 saturated carbocycles. The van der Waals surface area contributed by atoms with E-state index in [4.69, 9.17) is 9.97 Å². The molecule has 1 aromatic heterocycles. The zero-order valence-electron chi connectivity index (χ0n) is 22.4. The number of anilines is 1. The number of piperazine rings is 1. The Bertz CT molecular complexity index is 1270. The Morgan fingerprint density at radius 2 is 1.82 bits per heavy atom. The molecular weight excluding hydrogens is 490 g/mol. The smallest absolute Gasteiger partial charge is 0.251 e. The summed E-state index contributed by atoms with van der Waals surface area (Å²) in [5.41, 5.74) is 5.25. The molecule has 1 aliphatic carbocycles. The molecule has 0 radical (unpaired) electrons. The molecular formula is C31H37N5OS. The van der Waals surface area contributed by atoms with Gasteiger partial charge in [0.2, 0.25) is 0 Å². The van der Waals surface area contributed by atoms with Crippen molar-refractivity contribution in [1.82, 2.24) is 20.2 Å². The third-order valence-electron chi connectivity index (χ3n) is 7.29. The van der Waals surface area contributed by atoms with Gasteiger partial charge in [0.25, 0.3) is 5.91 Å². The third kappa shape index (κ3) is 7.23. The zero-order chi connectivity index (χ0) is 26.3. The van der Waals surface area contributed by atoms with Crippen molar-refractivity contribution < 1.29 is 4.79 Å². The lowest BCUT2D eigenvalue weighted by Crippen LogP contribution is -2.47. The van der Waals surface area contributed by atoms with E-state index in [-0.39, 0.29) is 5.91 Å². The number of carbonyl (C=O) groups excluding carboxylic acids is 1. The van der Waals surface area contributed by atoms with Gasteiger partial charge in [0.05, 0.1) is 0 Å². The number of thioether (sulfide) groups is 1. The van der Waals surface area contributed by atoms with Crippen LogP contribution in [0.1, 0.15) is 45.6 Å². The number of rotatable bonds is 10. The maximum atomic E-state index is 12.5. The van der Waals surface area contributed by atoms with E-state index in [1.165, 1.54) is 18.4 Å². The lowest BCUT2D eigenvalue weighted by Gasteiger charge is -2.35. The number of hydrogen-bond acceptors (Lipinski definition) is 6. The highest BCUT2D eigenvalue weighted by Gasteiger charge is 2.22. The van der Waals surface area contributed by atoms with Crippen molar-refractivity contribution in [3.63, 3.8) is 0 Å². The highest BCUT2D eigenvalue weighted by Crippen LogP contribution is 2.28. The molecule has 7 heteroatoms. The summed E-state index contributed by atoms with van der Waals surface area (Å²) in [5, 5.41) is 3.85. The predicted octanol–water partition coefficient (Wildman–Crippen LogP) is 5.36. The Kier molecular flexibility index (Phi) is 8.76. The molecule has 3 aromatic rings. The van der Waals surface area contributed by atoms with E-state index in [1.807, 2.05) is 24.3 Å². The molecule has 1 saturated heterocycles. The van der Waals surface area contributed by atoms with E-state index in [1.54, 1.807) is 11.8 Å². The fourth-order valence-electron chi connectivity index (χ4n) is 4.62. The van der Waals surface area contributed by atoms with E-state index in [2.05, 4.69) is 71.4 Å². The fourth-order valence-corrected chi connectivity index (χ4v) is 5.44. The van der Waals surface area contributed by atoms with E-state index in [0.717, 1.165) is 78.4 Å². The van der Waals surface area contributed by atoms with Crippen LogP contribution in [-0.4, -0.2) is 60.0 Å². The number of nitrogens with zero attached hydrogens (tertiary/aromatic N) is 4. The zero-order valence-corrected chi connectivity index (χ0v) is 23.2. The number of aryl methyl sites for hydroxylation is 1. The van der Waals surface area contributed by atoms with Crippen LogP contribution in [0.4, 0.5) is 5.82 Å². The van der Waals surface area contributed by atoms with Gasteiger partial charge in [0, 0.05) is 61.8 Å². The van der Waals surface area contributed by atoms with Gasteiger partial charge < -0.3 is 10.2 Å². The highest BCUT2D eigenvalue weighted by atomic mass is 32.2. The number of amides is 1. The first-order chi connectivity index (χ1) is 18.5. The van der Waals surface area contributed by atoms with Crippen LogP contribution in [0, 0.1) is 19.8 Å². The quantitative estimate of drug-likeness (QED) is 0.283. The van der Waals surface area contributed by atoms with E-state index in [0.29, 0.717) is 5.92 Å². The molecule has 2 aliphatic rings. The van der Waals surface area contributed by atoms with Gasteiger partial charge in [-0.25, -0.2) is 9.97 Å². The number of benzene rings is 2. The molecule has 2 heterocycles. The van der Waals surface area contributed by atoms with Gasteiger partial charge in [0.1, 0.15) is 5.82 Å². The Morgan fingerprint density at radius 3 is 2.58 bits per heavy atom. The molecule has 6 nitrogen and oxygen atoms in total. The summed E-state index contributed by atoms with van der Waals surface area (Å²) in [6.45, 7) is 9.88. The molecule has 198 valence electrons. The van der Waals surface area contributed by atoms with Gasteiger partial charge in [-0.05, 0) is 55.9 Å². The molecule has 5 rings (SSSR count). The minimum atomic E-state index is 0.0168. The first-order valence-electron chi connectivity index (χ1n) is 13.6. The summed E-state index contributed by atoms with van der Waals surface area (Å²) in [6.07, 6.45) is 6.92. The van der Waals surface area contributed by atoms with Crippen molar-refractivity contribution in [2.45, 2.75) is 37.6 Å². The topological polar surface area (TPSA) is 61.4 Å². The van der Waals surface area contributed by atoms with Gasteiger partial charge in [0.15, 0.2) is 5.16 Å². The monoisotopic (exact) mass is 527 g/mol. The van der Waals surface area contributed by atoms with Crippen molar-refractivity contribution in [3.05, 3.63) is 88.6 Å². The normalized spacial score (nSPS) is 16.2. The molecule has 2 aromatic carbocycles. The minimum absolute atomic E-state index is 0.0168.